The molecule has 1 N–H and O–H groups in total. The third kappa shape index (κ3) is 3.12. The van der Waals surface area contributed by atoms with Gasteiger partial charge in [0.05, 0.1) is 18.4 Å². The molecule has 0 radical (unpaired) electrons. The average molecular weight is 300 g/mol. The number of nitrogens with one attached hydrogen (secondary N) is 1. The van der Waals surface area contributed by atoms with Gasteiger partial charge in [0.2, 0.25) is 0 Å². The average Bonchev–Trinajstić information content (AvgIpc) is 2.89. The van der Waals surface area contributed by atoms with Crippen LogP contribution >= 0.6 is 0 Å². The van der Waals surface area contributed by atoms with Gasteiger partial charge in [0.25, 0.3) is 0 Å². The minimum atomic E-state index is -0.128. The predicted octanol–water partition coefficient (Wildman–Crippen LogP) is 2.43. The van der Waals surface area contributed by atoms with Crippen LogP contribution in [0.3, 0.4) is 0 Å². The second-order valence-corrected chi connectivity index (χ2v) is 5.50. The Kier molecular flexibility index (Phi) is 4.11. The fourth-order valence-electron chi connectivity index (χ4n) is 2.48. The van der Waals surface area contributed by atoms with Gasteiger partial charge in [-0.05, 0) is 26.0 Å². The number of anilines is 1. The van der Waals surface area contributed by atoms with Crippen molar-refractivity contribution in [3.63, 3.8) is 0 Å². The molecule has 0 aliphatic carbocycles. The van der Waals surface area contributed by atoms with Gasteiger partial charge in [0.1, 0.15) is 0 Å². The van der Waals surface area contributed by atoms with Gasteiger partial charge < -0.3 is 9.64 Å². The molecular weight excluding hydrogens is 280 g/mol. The first kappa shape index (κ1) is 14.6. The molecule has 1 fully saturated rings. The summed E-state index contributed by atoms with van der Waals surface area (Å²) in [5.41, 5.74) is 1.89. The van der Waals surface area contributed by atoms with Gasteiger partial charge in [0.15, 0.2) is 5.82 Å². The molecule has 2 heterocycles. The van der Waals surface area contributed by atoms with Crippen LogP contribution in [0.2, 0.25) is 0 Å². The molecule has 1 aromatic heterocycles. The summed E-state index contributed by atoms with van der Waals surface area (Å²) in [4.78, 5) is 14.1. The van der Waals surface area contributed by atoms with Crippen LogP contribution in [-0.2, 0) is 4.74 Å². The molecule has 0 bridgehead atoms. The minimum Gasteiger partial charge on any atom is -0.375 e. The van der Waals surface area contributed by atoms with Gasteiger partial charge in [-0.1, -0.05) is 18.2 Å². The Morgan fingerprint density at radius 1 is 1.36 bits per heavy atom. The number of amides is 2. The van der Waals surface area contributed by atoms with Crippen LogP contribution in [0.5, 0.6) is 0 Å². The molecule has 2 aromatic rings. The van der Waals surface area contributed by atoms with Crippen LogP contribution in [0.4, 0.5) is 10.6 Å². The van der Waals surface area contributed by atoms with Crippen molar-refractivity contribution in [3.05, 3.63) is 42.1 Å². The van der Waals surface area contributed by atoms with Crippen molar-refractivity contribution >= 4 is 11.8 Å². The third-order valence-electron chi connectivity index (χ3n) is 3.67. The predicted molar refractivity (Wildman–Crippen MR) is 84.3 cm³/mol. The summed E-state index contributed by atoms with van der Waals surface area (Å²) in [7, 11) is 0. The lowest BCUT2D eigenvalue weighted by atomic mass is 10.3. The van der Waals surface area contributed by atoms with Gasteiger partial charge in [0, 0.05) is 24.8 Å². The zero-order valence-electron chi connectivity index (χ0n) is 12.8. The maximum absolute atomic E-state index is 12.3. The van der Waals surface area contributed by atoms with E-state index < -0.39 is 0 Å². The molecule has 1 aliphatic rings. The topological polar surface area (TPSA) is 59.4 Å². The lowest BCUT2D eigenvalue weighted by molar-refractivity contribution is -0.00139. The maximum Gasteiger partial charge on any atom is 0.323 e. The quantitative estimate of drug-likeness (QED) is 0.926. The lowest BCUT2D eigenvalue weighted by Gasteiger charge is -2.30. The van der Waals surface area contributed by atoms with Crippen LogP contribution < -0.4 is 5.32 Å². The van der Waals surface area contributed by atoms with Crippen molar-refractivity contribution in [2.45, 2.75) is 20.0 Å². The smallest absolute Gasteiger partial charge is 0.323 e. The van der Waals surface area contributed by atoms with E-state index in [1.807, 2.05) is 50.4 Å². The van der Waals surface area contributed by atoms with Crippen molar-refractivity contribution in [3.8, 4) is 5.69 Å². The minimum absolute atomic E-state index is 0.0717. The Morgan fingerprint density at radius 3 is 2.86 bits per heavy atom. The number of hydrogen-bond acceptors (Lipinski definition) is 3. The molecule has 2 amide bonds. The molecule has 3 rings (SSSR count). The maximum atomic E-state index is 12.3. The summed E-state index contributed by atoms with van der Waals surface area (Å²) in [6.07, 6.45) is 1.98. The highest BCUT2D eigenvalue weighted by Gasteiger charge is 2.22. The number of nitrogens with zero attached hydrogens (tertiary/aromatic N) is 3. The molecule has 6 heteroatoms. The number of morpholine rings is 1. The Hall–Kier alpha value is -2.34. The standard InChI is InChI=1S/C16H20N4O2/c1-12-10-20(14-6-4-3-5-7-14)18-15(12)17-16(21)19-8-9-22-13(2)11-19/h3-7,10,13H,8-9,11H2,1-2H3,(H,17,18,21)/t13-/m0/s1. The number of para-hydroxylation sites is 1. The molecule has 1 saturated heterocycles. The SMILES string of the molecule is Cc1cn(-c2ccccc2)nc1NC(=O)N1CCO[C@@H](C)C1. The van der Waals surface area contributed by atoms with Crippen molar-refractivity contribution in [1.82, 2.24) is 14.7 Å². The zero-order valence-corrected chi connectivity index (χ0v) is 12.8. The van der Waals surface area contributed by atoms with E-state index in [1.54, 1.807) is 9.58 Å². The van der Waals surface area contributed by atoms with E-state index in [9.17, 15) is 4.79 Å². The van der Waals surface area contributed by atoms with Crippen LogP contribution in [0.15, 0.2) is 36.5 Å². The molecule has 22 heavy (non-hydrogen) atoms. The zero-order chi connectivity index (χ0) is 15.5. The number of benzene rings is 1. The number of ether oxygens (including phenoxy) is 1. The summed E-state index contributed by atoms with van der Waals surface area (Å²) in [5.74, 6) is 0.591. The van der Waals surface area contributed by atoms with Crippen LogP contribution in [0.25, 0.3) is 5.69 Å². The molecule has 0 unspecified atom stereocenters. The Morgan fingerprint density at radius 2 is 2.14 bits per heavy atom. The van der Waals surface area contributed by atoms with Gasteiger partial charge >= 0.3 is 6.03 Å². The molecule has 116 valence electrons. The van der Waals surface area contributed by atoms with Crippen molar-refractivity contribution in [1.29, 1.82) is 0 Å². The van der Waals surface area contributed by atoms with E-state index >= 15 is 0 Å². The highest BCUT2D eigenvalue weighted by atomic mass is 16.5. The number of rotatable bonds is 2. The molecule has 0 saturated carbocycles. The van der Waals surface area contributed by atoms with Crippen LogP contribution in [0, 0.1) is 6.92 Å². The number of carbonyl (C=O) groups is 1. The number of carbonyl (C=O) groups excluding carboxylic acids is 1. The van der Waals surface area contributed by atoms with E-state index in [1.165, 1.54) is 0 Å². The van der Waals surface area contributed by atoms with Crippen LogP contribution in [0.1, 0.15) is 12.5 Å². The Labute approximate surface area is 129 Å². The van der Waals surface area contributed by atoms with Crippen molar-refractivity contribution in [2.24, 2.45) is 0 Å². The molecule has 1 aromatic carbocycles. The lowest BCUT2D eigenvalue weighted by Crippen LogP contribution is -2.46. The Bertz CT molecular complexity index is 653. The highest BCUT2D eigenvalue weighted by Crippen LogP contribution is 2.16. The molecule has 1 atom stereocenters. The van der Waals surface area contributed by atoms with Gasteiger partial charge in [-0.2, -0.15) is 0 Å². The first-order valence-corrected chi connectivity index (χ1v) is 7.42. The second-order valence-electron chi connectivity index (χ2n) is 5.50. The van der Waals surface area contributed by atoms with E-state index in [0.29, 0.717) is 25.5 Å². The van der Waals surface area contributed by atoms with E-state index in [0.717, 1.165) is 11.3 Å². The summed E-state index contributed by atoms with van der Waals surface area (Å²) >= 11 is 0. The fourth-order valence-corrected chi connectivity index (χ4v) is 2.48. The largest absolute Gasteiger partial charge is 0.375 e. The molecular formula is C16H20N4O2. The van der Waals surface area contributed by atoms with E-state index in [2.05, 4.69) is 10.4 Å². The Balaban J connectivity index is 1.73. The highest BCUT2D eigenvalue weighted by molar-refractivity contribution is 5.89. The molecule has 6 nitrogen and oxygen atoms in total. The third-order valence-corrected chi connectivity index (χ3v) is 3.67. The summed E-state index contributed by atoms with van der Waals surface area (Å²) in [6.45, 7) is 5.68. The summed E-state index contributed by atoms with van der Waals surface area (Å²) in [5, 5.41) is 7.35. The van der Waals surface area contributed by atoms with E-state index in [-0.39, 0.29) is 12.1 Å². The summed E-state index contributed by atoms with van der Waals surface area (Å²) < 4.78 is 7.22. The number of hydrogen-bond donors (Lipinski definition) is 1. The fraction of sp³-hybridized carbons (Fsp3) is 0.375. The van der Waals surface area contributed by atoms with Crippen molar-refractivity contribution < 1.29 is 9.53 Å². The number of aryl methyl sites for hydroxylation is 1. The number of aromatic nitrogens is 2. The molecule has 1 aliphatic heterocycles. The van der Waals surface area contributed by atoms with Gasteiger partial charge in [-0.25, -0.2) is 9.48 Å². The van der Waals surface area contributed by atoms with Gasteiger partial charge in [-0.15, -0.1) is 5.10 Å². The van der Waals surface area contributed by atoms with Gasteiger partial charge in [-0.3, -0.25) is 5.32 Å². The molecule has 0 spiro atoms. The first-order chi connectivity index (χ1) is 10.6. The second kappa shape index (κ2) is 6.19. The number of urea groups is 1. The van der Waals surface area contributed by atoms with E-state index in [4.69, 9.17) is 4.74 Å². The summed E-state index contributed by atoms with van der Waals surface area (Å²) in [6, 6.07) is 9.70. The first-order valence-electron chi connectivity index (χ1n) is 7.42. The van der Waals surface area contributed by atoms with Crippen molar-refractivity contribution in [2.75, 3.05) is 25.0 Å². The normalized spacial score (nSPS) is 18.3. The van der Waals surface area contributed by atoms with Crippen LogP contribution in [-0.4, -0.2) is 46.5 Å². The monoisotopic (exact) mass is 300 g/mol.